The van der Waals surface area contributed by atoms with Crippen molar-refractivity contribution < 1.29 is 0 Å². The number of aliphatic imine (C=N–C) groups is 1. The standard InChI is InChI=1S/C11H15NS/c13-6-12-11-5-7-4-10(11)9-3-1-2-8(7)9/h7-11H,1-5H2/t7-,8-,9-,10-,11+/m0/s1. The summed E-state index contributed by atoms with van der Waals surface area (Å²) in [7, 11) is 0. The summed E-state index contributed by atoms with van der Waals surface area (Å²) in [4.78, 5) is 4.33. The van der Waals surface area contributed by atoms with Crippen molar-refractivity contribution in [3.63, 3.8) is 0 Å². The lowest BCUT2D eigenvalue weighted by Crippen LogP contribution is -2.26. The van der Waals surface area contributed by atoms with Gasteiger partial charge in [-0.1, -0.05) is 6.42 Å². The summed E-state index contributed by atoms with van der Waals surface area (Å²) >= 11 is 4.71. The Labute approximate surface area is 84.6 Å². The predicted molar refractivity (Wildman–Crippen MR) is 55.9 cm³/mol. The third kappa shape index (κ3) is 1.05. The highest BCUT2D eigenvalue weighted by Gasteiger charge is 2.53. The van der Waals surface area contributed by atoms with Crippen LogP contribution in [0.3, 0.4) is 0 Å². The molecule has 3 rings (SSSR count). The van der Waals surface area contributed by atoms with Crippen molar-refractivity contribution in [3.05, 3.63) is 0 Å². The number of hydrogen-bond acceptors (Lipinski definition) is 2. The molecule has 0 radical (unpaired) electrons. The SMILES string of the molecule is S=C=N[C@@H]1C[C@@H]2C[C@H]1[C@H]1CCC[C@@H]21. The Morgan fingerprint density at radius 1 is 1.08 bits per heavy atom. The molecule has 0 aromatic heterocycles. The molecule has 0 unspecified atom stereocenters. The molecule has 2 bridgehead atoms. The van der Waals surface area contributed by atoms with Crippen LogP contribution in [0.5, 0.6) is 0 Å². The Hall–Kier alpha value is -0.200. The van der Waals surface area contributed by atoms with Crippen molar-refractivity contribution in [1.82, 2.24) is 0 Å². The fourth-order valence-electron chi connectivity index (χ4n) is 4.25. The van der Waals surface area contributed by atoms with Crippen LogP contribution in [0.1, 0.15) is 32.1 Å². The second kappa shape index (κ2) is 2.90. The van der Waals surface area contributed by atoms with E-state index in [0.29, 0.717) is 6.04 Å². The predicted octanol–water partition coefficient (Wildman–Crippen LogP) is 2.91. The molecule has 0 aromatic carbocycles. The number of rotatable bonds is 1. The summed E-state index contributed by atoms with van der Waals surface area (Å²) in [6.07, 6.45) is 7.20. The van der Waals surface area contributed by atoms with Crippen LogP contribution in [0, 0.1) is 23.7 Å². The minimum atomic E-state index is 0.557. The fourth-order valence-corrected chi connectivity index (χ4v) is 4.38. The van der Waals surface area contributed by atoms with E-state index in [1.165, 1.54) is 32.1 Å². The topological polar surface area (TPSA) is 12.4 Å². The smallest absolute Gasteiger partial charge is 0.0636 e. The van der Waals surface area contributed by atoms with Crippen molar-refractivity contribution in [2.45, 2.75) is 38.1 Å². The molecule has 0 saturated heterocycles. The van der Waals surface area contributed by atoms with E-state index in [0.717, 1.165) is 23.7 Å². The molecule has 2 heteroatoms. The Balaban J connectivity index is 1.85. The maximum absolute atomic E-state index is 4.71. The molecule has 0 aliphatic heterocycles. The molecule has 3 aliphatic rings. The van der Waals surface area contributed by atoms with E-state index < -0.39 is 0 Å². The van der Waals surface area contributed by atoms with Crippen LogP contribution in [0.25, 0.3) is 0 Å². The lowest BCUT2D eigenvalue weighted by molar-refractivity contribution is 0.235. The average Bonchev–Trinajstić information content (AvgIpc) is 2.72. The molecule has 0 amide bonds. The number of fused-ring (bicyclic) bond motifs is 5. The van der Waals surface area contributed by atoms with Crippen molar-refractivity contribution in [3.8, 4) is 0 Å². The summed E-state index contributed by atoms with van der Waals surface area (Å²) in [6.45, 7) is 0. The molecule has 70 valence electrons. The first-order valence-electron chi connectivity index (χ1n) is 5.47. The van der Waals surface area contributed by atoms with Gasteiger partial charge in [0, 0.05) is 0 Å². The second-order valence-electron chi connectivity index (χ2n) is 4.94. The van der Waals surface area contributed by atoms with Gasteiger partial charge in [-0.25, -0.2) is 4.99 Å². The Kier molecular flexibility index (Phi) is 1.81. The second-order valence-corrected chi connectivity index (χ2v) is 5.12. The van der Waals surface area contributed by atoms with Gasteiger partial charge < -0.3 is 0 Å². The number of isothiocyanates is 1. The molecule has 13 heavy (non-hydrogen) atoms. The minimum Gasteiger partial charge on any atom is -0.229 e. The lowest BCUT2D eigenvalue weighted by atomic mass is 9.79. The normalized spacial score (nSPS) is 51.8. The molecule has 1 nitrogen and oxygen atoms in total. The first kappa shape index (κ1) is 8.14. The molecule has 0 aromatic rings. The van der Waals surface area contributed by atoms with Crippen molar-refractivity contribution in [2.75, 3.05) is 0 Å². The summed E-state index contributed by atoms with van der Waals surface area (Å²) < 4.78 is 0. The van der Waals surface area contributed by atoms with Crippen LogP contribution in [-0.4, -0.2) is 11.2 Å². The van der Waals surface area contributed by atoms with Gasteiger partial charge in [0.25, 0.3) is 0 Å². The van der Waals surface area contributed by atoms with Crippen LogP contribution in [0.15, 0.2) is 4.99 Å². The van der Waals surface area contributed by atoms with Crippen LogP contribution < -0.4 is 0 Å². The number of nitrogens with zero attached hydrogens (tertiary/aromatic N) is 1. The highest BCUT2D eigenvalue weighted by atomic mass is 32.1. The molecule has 3 aliphatic carbocycles. The molecule has 0 heterocycles. The van der Waals surface area contributed by atoms with Crippen molar-refractivity contribution >= 4 is 17.4 Å². The first-order valence-corrected chi connectivity index (χ1v) is 5.88. The fraction of sp³-hybridized carbons (Fsp3) is 0.909. The molecular formula is C11H15NS. The first-order chi connectivity index (χ1) is 6.40. The zero-order valence-electron chi connectivity index (χ0n) is 7.78. The van der Waals surface area contributed by atoms with Gasteiger partial charge in [0.1, 0.15) is 0 Å². The van der Waals surface area contributed by atoms with E-state index in [1.54, 1.807) is 0 Å². The highest BCUT2D eigenvalue weighted by Crippen LogP contribution is 2.59. The zero-order valence-corrected chi connectivity index (χ0v) is 8.59. The van der Waals surface area contributed by atoms with Gasteiger partial charge in [0.2, 0.25) is 0 Å². The Morgan fingerprint density at radius 2 is 1.92 bits per heavy atom. The quantitative estimate of drug-likeness (QED) is 0.461. The minimum absolute atomic E-state index is 0.557. The summed E-state index contributed by atoms with van der Waals surface area (Å²) in [5.41, 5.74) is 0. The molecular weight excluding hydrogens is 178 g/mol. The van der Waals surface area contributed by atoms with Gasteiger partial charge in [-0.3, -0.25) is 0 Å². The van der Waals surface area contributed by atoms with E-state index in [2.05, 4.69) is 10.2 Å². The summed E-state index contributed by atoms with van der Waals surface area (Å²) in [5.74, 6) is 3.96. The van der Waals surface area contributed by atoms with Gasteiger partial charge in [0.15, 0.2) is 0 Å². The molecule has 0 spiro atoms. The van der Waals surface area contributed by atoms with Gasteiger partial charge in [-0.05, 0) is 61.6 Å². The third-order valence-corrected chi connectivity index (χ3v) is 4.72. The van der Waals surface area contributed by atoms with E-state index in [4.69, 9.17) is 12.2 Å². The van der Waals surface area contributed by atoms with Crippen LogP contribution in [-0.2, 0) is 0 Å². The van der Waals surface area contributed by atoms with E-state index in [1.807, 2.05) is 0 Å². The van der Waals surface area contributed by atoms with Gasteiger partial charge >= 0.3 is 0 Å². The number of hydrogen-bond donors (Lipinski definition) is 0. The largest absolute Gasteiger partial charge is 0.229 e. The van der Waals surface area contributed by atoms with Gasteiger partial charge in [-0.2, -0.15) is 0 Å². The molecule has 5 atom stereocenters. The third-order valence-electron chi connectivity index (χ3n) is 4.61. The molecule has 3 fully saturated rings. The zero-order chi connectivity index (χ0) is 8.84. The number of thiocarbonyl (C=S) groups is 1. The summed E-state index contributed by atoms with van der Waals surface area (Å²) in [5, 5.41) is 2.58. The monoisotopic (exact) mass is 193 g/mol. The van der Waals surface area contributed by atoms with Crippen molar-refractivity contribution in [2.24, 2.45) is 28.7 Å². The Morgan fingerprint density at radius 3 is 2.77 bits per heavy atom. The average molecular weight is 193 g/mol. The summed E-state index contributed by atoms with van der Waals surface area (Å²) in [6, 6.07) is 0.557. The highest BCUT2D eigenvalue weighted by molar-refractivity contribution is 7.78. The van der Waals surface area contributed by atoms with Crippen LogP contribution >= 0.6 is 12.2 Å². The lowest BCUT2D eigenvalue weighted by Gasteiger charge is -2.28. The van der Waals surface area contributed by atoms with Crippen LogP contribution in [0.2, 0.25) is 0 Å². The molecule has 3 saturated carbocycles. The van der Waals surface area contributed by atoms with Crippen molar-refractivity contribution in [1.29, 1.82) is 0 Å². The van der Waals surface area contributed by atoms with Gasteiger partial charge in [-0.15, -0.1) is 0 Å². The van der Waals surface area contributed by atoms with Gasteiger partial charge in [0.05, 0.1) is 11.2 Å². The van der Waals surface area contributed by atoms with E-state index >= 15 is 0 Å². The van der Waals surface area contributed by atoms with Crippen LogP contribution in [0.4, 0.5) is 0 Å². The maximum Gasteiger partial charge on any atom is 0.0636 e. The maximum atomic E-state index is 4.71. The molecule has 0 N–H and O–H groups in total. The Bertz CT molecular complexity index is 269. The van der Waals surface area contributed by atoms with E-state index in [-0.39, 0.29) is 0 Å². The van der Waals surface area contributed by atoms with E-state index in [9.17, 15) is 0 Å².